The molecule has 20 heavy (non-hydrogen) atoms. The molecule has 0 aliphatic heterocycles. The van der Waals surface area contributed by atoms with Crippen molar-refractivity contribution in [2.45, 2.75) is 51.7 Å². The van der Waals surface area contributed by atoms with Crippen LogP contribution < -0.4 is 15.4 Å². The largest absolute Gasteiger partial charge is 0.491 e. The Morgan fingerprint density at radius 3 is 2.85 bits per heavy atom. The molecular weight excluding hydrogens is 254 g/mol. The van der Waals surface area contributed by atoms with Gasteiger partial charge in [-0.25, -0.2) is 0 Å². The van der Waals surface area contributed by atoms with E-state index in [9.17, 15) is 4.79 Å². The molecule has 0 saturated heterocycles. The molecule has 1 fully saturated rings. The Kier molecular flexibility index (Phi) is 5.35. The van der Waals surface area contributed by atoms with E-state index in [1.165, 1.54) is 0 Å². The molecule has 0 bridgehead atoms. The molecule has 2 rings (SSSR count). The summed E-state index contributed by atoms with van der Waals surface area (Å²) < 4.78 is 5.52. The van der Waals surface area contributed by atoms with Crippen LogP contribution in [0.2, 0.25) is 0 Å². The van der Waals surface area contributed by atoms with Crippen LogP contribution in [0.1, 0.15) is 38.8 Å². The Morgan fingerprint density at radius 1 is 1.45 bits per heavy atom. The van der Waals surface area contributed by atoms with Crippen molar-refractivity contribution in [3.05, 3.63) is 24.0 Å². The molecule has 1 aliphatic rings. The average molecular weight is 277 g/mol. The number of nitrogens with zero attached hydrogens (tertiary/aromatic N) is 1. The summed E-state index contributed by atoms with van der Waals surface area (Å²) in [5, 5.41) is 6.24. The predicted molar refractivity (Wildman–Crippen MR) is 77.5 cm³/mol. The van der Waals surface area contributed by atoms with Crippen LogP contribution in [0.3, 0.4) is 0 Å². The van der Waals surface area contributed by atoms with Gasteiger partial charge in [-0.3, -0.25) is 9.78 Å². The van der Waals surface area contributed by atoms with Crippen LogP contribution in [0.25, 0.3) is 0 Å². The average Bonchev–Trinajstić information content (AvgIpc) is 3.21. The summed E-state index contributed by atoms with van der Waals surface area (Å²) in [5.41, 5.74) is 0.984. The fourth-order valence-corrected chi connectivity index (χ4v) is 1.70. The number of ether oxygens (including phenoxy) is 1. The highest BCUT2D eigenvalue weighted by molar-refractivity contribution is 5.76. The van der Waals surface area contributed by atoms with E-state index in [0.717, 1.165) is 25.1 Å². The lowest BCUT2D eigenvalue weighted by atomic mass is 10.3. The Balaban J connectivity index is 1.66. The smallest absolute Gasteiger partial charge is 0.223 e. The van der Waals surface area contributed by atoms with Gasteiger partial charge in [0.25, 0.3) is 0 Å². The minimum absolute atomic E-state index is 0.0678. The lowest BCUT2D eigenvalue weighted by molar-refractivity contribution is -0.121. The third kappa shape index (κ3) is 5.57. The lowest BCUT2D eigenvalue weighted by Crippen LogP contribution is -2.26. The molecule has 5 heteroatoms. The summed E-state index contributed by atoms with van der Waals surface area (Å²) in [4.78, 5) is 15.8. The van der Waals surface area contributed by atoms with Gasteiger partial charge in [-0.05, 0) is 25.0 Å². The summed E-state index contributed by atoms with van der Waals surface area (Å²) in [5.74, 6) is 0.774. The molecule has 5 nitrogen and oxygen atoms in total. The maximum Gasteiger partial charge on any atom is 0.223 e. The Labute approximate surface area is 120 Å². The van der Waals surface area contributed by atoms with Gasteiger partial charge in [-0.15, -0.1) is 0 Å². The third-order valence-corrected chi connectivity index (χ3v) is 3.03. The molecule has 2 N–H and O–H groups in total. The molecule has 1 saturated carbocycles. The van der Waals surface area contributed by atoms with Crippen molar-refractivity contribution in [1.82, 2.24) is 15.6 Å². The van der Waals surface area contributed by atoms with Gasteiger partial charge in [0.05, 0.1) is 24.9 Å². The minimum Gasteiger partial charge on any atom is -0.491 e. The number of hydrogen-bond donors (Lipinski definition) is 2. The first-order chi connectivity index (χ1) is 9.63. The monoisotopic (exact) mass is 277 g/mol. The molecular formula is C15H23N3O2. The Hall–Kier alpha value is -1.62. The van der Waals surface area contributed by atoms with Crippen molar-refractivity contribution in [2.75, 3.05) is 6.61 Å². The molecule has 1 heterocycles. The highest BCUT2D eigenvalue weighted by Gasteiger charge is 2.22. The van der Waals surface area contributed by atoms with Crippen molar-refractivity contribution >= 4 is 5.91 Å². The first-order valence-electron chi connectivity index (χ1n) is 7.24. The van der Waals surface area contributed by atoms with Crippen LogP contribution in [0.5, 0.6) is 5.75 Å². The molecule has 0 aromatic carbocycles. The van der Waals surface area contributed by atoms with Gasteiger partial charge >= 0.3 is 0 Å². The quantitative estimate of drug-likeness (QED) is 0.758. The second kappa shape index (κ2) is 7.24. The summed E-state index contributed by atoms with van der Waals surface area (Å²) in [6.45, 7) is 5.35. The van der Waals surface area contributed by atoms with E-state index in [4.69, 9.17) is 4.74 Å². The van der Waals surface area contributed by atoms with E-state index in [1.807, 2.05) is 12.1 Å². The summed E-state index contributed by atoms with van der Waals surface area (Å²) in [6, 6.07) is 4.69. The number of carbonyl (C=O) groups excluding carboxylic acids is 1. The molecule has 1 aromatic heterocycles. The molecule has 0 unspecified atom stereocenters. The molecule has 0 spiro atoms. The Morgan fingerprint density at radius 2 is 2.25 bits per heavy atom. The molecule has 110 valence electrons. The first-order valence-corrected chi connectivity index (χ1v) is 7.24. The van der Waals surface area contributed by atoms with E-state index < -0.39 is 0 Å². The summed E-state index contributed by atoms with van der Waals surface area (Å²) in [6.07, 6.45) is 4.33. The van der Waals surface area contributed by atoms with E-state index in [2.05, 4.69) is 29.5 Å². The highest BCUT2D eigenvalue weighted by atomic mass is 16.5. The standard InChI is InChI=1S/C15H23N3O2/c1-11(2)16-9-13-5-6-14(10-17-13)20-8-7-15(19)18-12-3-4-12/h5-6,10-12,16H,3-4,7-9H2,1-2H3,(H,18,19). The zero-order valence-corrected chi connectivity index (χ0v) is 12.2. The number of rotatable bonds is 8. The van der Waals surface area contributed by atoms with E-state index >= 15 is 0 Å². The van der Waals surface area contributed by atoms with Gasteiger partial charge in [-0.1, -0.05) is 13.8 Å². The third-order valence-electron chi connectivity index (χ3n) is 3.03. The highest BCUT2D eigenvalue weighted by Crippen LogP contribution is 2.18. The summed E-state index contributed by atoms with van der Waals surface area (Å²) >= 11 is 0. The van der Waals surface area contributed by atoms with Gasteiger partial charge in [0.2, 0.25) is 5.91 Å². The van der Waals surface area contributed by atoms with Crippen molar-refractivity contribution in [3.8, 4) is 5.75 Å². The van der Waals surface area contributed by atoms with Gasteiger partial charge in [0, 0.05) is 18.6 Å². The second-order valence-electron chi connectivity index (χ2n) is 5.46. The fraction of sp³-hybridized carbons (Fsp3) is 0.600. The number of amides is 1. The number of carbonyl (C=O) groups is 1. The van der Waals surface area contributed by atoms with Crippen molar-refractivity contribution in [1.29, 1.82) is 0 Å². The first kappa shape index (κ1) is 14.8. The second-order valence-corrected chi connectivity index (χ2v) is 5.46. The fourth-order valence-electron chi connectivity index (χ4n) is 1.70. The lowest BCUT2D eigenvalue weighted by Gasteiger charge is -2.09. The minimum atomic E-state index is 0.0678. The molecule has 1 aliphatic carbocycles. The number of aromatic nitrogens is 1. The van der Waals surface area contributed by atoms with Crippen LogP contribution in [0.15, 0.2) is 18.3 Å². The number of hydrogen-bond acceptors (Lipinski definition) is 4. The van der Waals surface area contributed by atoms with Crippen LogP contribution in [0.4, 0.5) is 0 Å². The normalized spacial score (nSPS) is 14.3. The molecule has 1 aromatic rings. The van der Waals surface area contributed by atoms with Gasteiger partial charge in [0.15, 0.2) is 0 Å². The van der Waals surface area contributed by atoms with Crippen molar-refractivity contribution in [3.63, 3.8) is 0 Å². The van der Waals surface area contributed by atoms with Gasteiger partial charge in [0.1, 0.15) is 5.75 Å². The maximum absolute atomic E-state index is 11.5. The molecule has 1 amide bonds. The molecule has 0 atom stereocenters. The zero-order chi connectivity index (χ0) is 14.4. The van der Waals surface area contributed by atoms with E-state index in [1.54, 1.807) is 6.20 Å². The molecule has 0 radical (unpaired) electrons. The topological polar surface area (TPSA) is 63.2 Å². The van der Waals surface area contributed by atoms with Crippen LogP contribution in [-0.4, -0.2) is 29.6 Å². The predicted octanol–water partition coefficient (Wildman–Crippen LogP) is 1.63. The SMILES string of the molecule is CC(C)NCc1ccc(OCCC(=O)NC2CC2)cn1. The van der Waals surface area contributed by atoms with Gasteiger partial charge in [-0.2, -0.15) is 0 Å². The van der Waals surface area contributed by atoms with E-state index in [-0.39, 0.29) is 5.91 Å². The Bertz CT molecular complexity index is 427. The zero-order valence-electron chi connectivity index (χ0n) is 12.2. The van der Waals surface area contributed by atoms with Crippen LogP contribution in [0, 0.1) is 0 Å². The van der Waals surface area contributed by atoms with Gasteiger partial charge < -0.3 is 15.4 Å². The van der Waals surface area contributed by atoms with Crippen molar-refractivity contribution < 1.29 is 9.53 Å². The number of pyridine rings is 1. The maximum atomic E-state index is 11.5. The van der Waals surface area contributed by atoms with Crippen molar-refractivity contribution in [2.24, 2.45) is 0 Å². The summed E-state index contributed by atoms with van der Waals surface area (Å²) in [7, 11) is 0. The van der Waals surface area contributed by atoms with Crippen LogP contribution >= 0.6 is 0 Å². The number of nitrogens with one attached hydrogen (secondary N) is 2. The van der Waals surface area contributed by atoms with E-state index in [0.29, 0.717) is 30.9 Å². The van der Waals surface area contributed by atoms with Crippen LogP contribution in [-0.2, 0) is 11.3 Å².